The summed E-state index contributed by atoms with van der Waals surface area (Å²) in [4.78, 5) is 16.9. The third kappa shape index (κ3) is 4.15. The molecule has 0 N–H and O–H groups in total. The number of ketones is 1. The topological polar surface area (TPSA) is 23.6 Å². The molecule has 0 aliphatic carbocycles. The first kappa shape index (κ1) is 15.2. The molecular weight excluding hydrogens is 248 g/mol. The number of carbonyl (C=O) groups excluding carboxylic acids is 1. The van der Waals surface area contributed by atoms with E-state index in [-0.39, 0.29) is 5.78 Å². The minimum absolute atomic E-state index is 0.261. The number of benzene rings is 1. The zero-order valence-corrected chi connectivity index (χ0v) is 12.9. The highest BCUT2D eigenvalue weighted by Crippen LogP contribution is 2.14. The van der Waals surface area contributed by atoms with Crippen molar-refractivity contribution in [2.45, 2.75) is 32.2 Å². The van der Waals surface area contributed by atoms with E-state index in [4.69, 9.17) is 0 Å². The Morgan fingerprint density at radius 2 is 2.00 bits per heavy atom. The minimum atomic E-state index is 0.261. The first-order chi connectivity index (χ1) is 9.56. The lowest BCUT2D eigenvalue weighted by Crippen LogP contribution is -2.45. The van der Waals surface area contributed by atoms with Gasteiger partial charge in [0.25, 0.3) is 0 Å². The highest BCUT2D eigenvalue weighted by Gasteiger charge is 2.21. The number of Topliss-reactive ketones (excluding diaryl/α,β-unsaturated/α-hetero) is 1. The largest absolute Gasteiger partial charge is 0.305 e. The molecule has 1 aliphatic rings. The van der Waals surface area contributed by atoms with Gasteiger partial charge < -0.3 is 9.80 Å². The first-order valence-corrected chi connectivity index (χ1v) is 7.55. The van der Waals surface area contributed by atoms with Crippen molar-refractivity contribution in [2.24, 2.45) is 0 Å². The lowest BCUT2D eigenvalue weighted by Gasteiger charge is -2.36. The lowest BCUT2D eigenvalue weighted by molar-refractivity contribution is 0.0928. The third-order valence-electron chi connectivity index (χ3n) is 4.24. The average molecular weight is 274 g/mol. The molecule has 20 heavy (non-hydrogen) atoms. The van der Waals surface area contributed by atoms with Gasteiger partial charge in [-0.15, -0.1) is 0 Å². The van der Waals surface area contributed by atoms with Crippen LogP contribution < -0.4 is 0 Å². The van der Waals surface area contributed by atoms with Crippen LogP contribution in [-0.4, -0.2) is 55.4 Å². The Bertz CT molecular complexity index is 439. The van der Waals surface area contributed by atoms with Gasteiger partial charge in [-0.25, -0.2) is 0 Å². The third-order valence-corrected chi connectivity index (χ3v) is 4.24. The minimum Gasteiger partial charge on any atom is -0.305 e. The zero-order valence-electron chi connectivity index (χ0n) is 12.9. The van der Waals surface area contributed by atoms with E-state index in [2.05, 4.69) is 23.9 Å². The normalized spacial score (nSPS) is 20.3. The van der Waals surface area contributed by atoms with Gasteiger partial charge in [-0.05, 0) is 40.4 Å². The van der Waals surface area contributed by atoms with Crippen LogP contribution in [-0.2, 0) is 0 Å². The van der Waals surface area contributed by atoms with Crippen LogP contribution in [0.3, 0.4) is 0 Å². The van der Waals surface area contributed by atoms with Crippen LogP contribution >= 0.6 is 0 Å². The molecule has 0 amide bonds. The smallest absolute Gasteiger partial charge is 0.164 e. The molecule has 2 rings (SSSR count). The quantitative estimate of drug-likeness (QED) is 0.771. The van der Waals surface area contributed by atoms with Crippen LogP contribution in [0.15, 0.2) is 24.3 Å². The predicted molar refractivity (Wildman–Crippen MR) is 83.3 cm³/mol. The van der Waals surface area contributed by atoms with Gasteiger partial charge in [0.15, 0.2) is 5.78 Å². The number of likely N-dealkylation sites (tertiary alicyclic amines) is 1. The van der Waals surface area contributed by atoms with Crippen molar-refractivity contribution in [1.29, 1.82) is 0 Å². The van der Waals surface area contributed by atoms with Crippen molar-refractivity contribution in [3.05, 3.63) is 35.4 Å². The van der Waals surface area contributed by atoms with E-state index in [1.54, 1.807) is 0 Å². The second kappa shape index (κ2) is 7.00. The molecule has 1 fully saturated rings. The summed E-state index contributed by atoms with van der Waals surface area (Å²) in [5, 5.41) is 0. The maximum Gasteiger partial charge on any atom is 0.164 e. The second-order valence-corrected chi connectivity index (χ2v) is 6.10. The molecule has 1 aliphatic heterocycles. The number of rotatable bonds is 5. The Labute approximate surface area is 122 Å². The number of aryl methyl sites for hydroxylation is 1. The molecule has 0 spiro atoms. The molecule has 1 unspecified atom stereocenters. The van der Waals surface area contributed by atoms with Gasteiger partial charge in [-0.2, -0.15) is 0 Å². The Balaban J connectivity index is 1.82. The van der Waals surface area contributed by atoms with Crippen molar-refractivity contribution in [2.75, 3.05) is 33.7 Å². The first-order valence-electron chi connectivity index (χ1n) is 7.55. The number of likely N-dealkylation sites (N-methyl/N-ethyl adjacent to an activating group) is 1. The number of hydrogen-bond donors (Lipinski definition) is 0. The van der Waals surface area contributed by atoms with Crippen LogP contribution in [0, 0.1) is 6.92 Å². The zero-order chi connectivity index (χ0) is 14.5. The summed E-state index contributed by atoms with van der Waals surface area (Å²) in [6.07, 6.45) is 3.14. The summed E-state index contributed by atoms with van der Waals surface area (Å²) in [7, 11) is 4.29. The fourth-order valence-corrected chi connectivity index (χ4v) is 2.80. The fraction of sp³-hybridized carbons (Fsp3) is 0.588. The Hall–Kier alpha value is -1.19. The standard InChI is InChI=1S/C17H26N2O/c1-14-6-8-15(9-7-14)17(20)10-12-19-11-4-5-16(13-19)18(2)3/h6-9,16H,4-5,10-13H2,1-3H3. The Morgan fingerprint density at radius 1 is 1.30 bits per heavy atom. The molecule has 1 atom stereocenters. The molecule has 0 aromatic heterocycles. The molecule has 1 heterocycles. The van der Waals surface area contributed by atoms with Gasteiger partial charge in [0.1, 0.15) is 0 Å². The summed E-state index contributed by atoms with van der Waals surface area (Å²) < 4.78 is 0. The Morgan fingerprint density at radius 3 is 2.65 bits per heavy atom. The van der Waals surface area contributed by atoms with E-state index in [1.165, 1.54) is 18.4 Å². The summed E-state index contributed by atoms with van der Waals surface area (Å²) in [6, 6.07) is 8.54. The van der Waals surface area contributed by atoms with E-state index in [9.17, 15) is 4.79 Å². The second-order valence-electron chi connectivity index (χ2n) is 6.10. The van der Waals surface area contributed by atoms with Crippen molar-refractivity contribution >= 4 is 5.78 Å². The van der Waals surface area contributed by atoms with E-state index < -0.39 is 0 Å². The molecule has 0 saturated carbocycles. The molecule has 3 heteroatoms. The summed E-state index contributed by atoms with van der Waals surface area (Å²) in [6.45, 7) is 5.15. The summed E-state index contributed by atoms with van der Waals surface area (Å²) in [5.74, 6) is 0.261. The highest BCUT2D eigenvalue weighted by molar-refractivity contribution is 5.96. The van der Waals surface area contributed by atoms with Crippen molar-refractivity contribution in [3.8, 4) is 0 Å². The lowest BCUT2D eigenvalue weighted by atomic mass is 10.0. The number of nitrogens with zero attached hydrogens (tertiary/aromatic N) is 2. The molecule has 1 aromatic rings. The van der Waals surface area contributed by atoms with Crippen molar-refractivity contribution in [3.63, 3.8) is 0 Å². The molecule has 0 radical (unpaired) electrons. The summed E-state index contributed by atoms with van der Waals surface area (Å²) >= 11 is 0. The Kier molecular flexibility index (Phi) is 5.32. The van der Waals surface area contributed by atoms with Gasteiger partial charge in [0, 0.05) is 31.1 Å². The van der Waals surface area contributed by atoms with Crippen LogP contribution in [0.1, 0.15) is 35.2 Å². The van der Waals surface area contributed by atoms with Crippen LogP contribution in [0.2, 0.25) is 0 Å². The molecule has 110 valence electrons. The van der Waals surface area contributed by atoms with Gasteiger partial charge in [-0.3, -0.25) is 4.79 Å². The molecule has 0 bridgehead atoms. The fourth-order valence-electron chi connectivity index (χ4n) is 2.80. The van der Waals surface area contributed by atoms with Gasteiger partial charge >= 0.3 is 0 Å². The predicted octanol–water partition coefficient (Wildman–Crippen LogP) is 2.59. The van der Waals surface area contributed by atoms with E-state index in [0.717, 1.165) is 25.2 Å². The monoisotopic (exact) mass is 274 g/mol. The van der Waals surface area contributed by atoms with E-state index in [1.807, 2.05) is 31.2 Å². The number of carbonyl (C=O) groups is 1. The van der Waals surface area contributed by atoms with E-state index in [0.29, 0.717) is 12.5 Å². The van der Waals surface area contributed by atoms with Crippen molar-refractivity contribution < 1.29 is 4.79 Å². The van der Waals surface area contributed by atoms with Crippen LogP contribution in [0.25, 0.3) is 0 Å². The molecule has 3 nitrogen and oxygen atoms in total. The van der Waals surface area contributed by atoms with Gasteiger partial charge in [0.2, 0.25) is 0 Å². The maximum absolute atomic E-state index is 12.2. The number of piperidine rings is 1. The molecular formula is C17H26N2O. The average Bonchev–Trinajstić information content (AvgIpc) is 2.46. The summed E-state index contributed by atoms with van der Waals surface area (Å²) in [5.41, 5.74) is 2.04. The van der Waals surface area contributed by atoms with Gasteiger partial charge in [-0.1, -0.05) is 29.8 Å². The highest BCUT2D eigenvalue weighted by atomic mass is 16.1. The molecule has 1 aromatic carbocycles. The number of hydrogen-bond acceptors (Lipinski definition) is 3. The van der Waals surface area contributed by atoms with Crippen LogP contribution in [0.5, 0.6) is 0 Å². The van der Waals surface area contributed by atoms with Gasteiger partial charge in [0.05, 0.1) is 0 Å². The maximum atomic E-state index is 12.2. The van der Waals surface area contributed by atoms with Crippen LogP contribution in [0.4, 0.5) is 0 Å². The SMILES string of the molecule is Cc1ccc(C(=O)CCN2CCCC(N(C)C)C2)cc1. The van der Waals surface area contributed by atoms with E-state index >= 15 is 0 Å². The van der Waals surface area contributed by atoms with Crippen molar-refractivity contribution in [1.82, 2.24) is 9.80 Å². The molecule has 1 saturated heterocycles.